The molecule has 18 heavy (non-hydrogen) atoms. The first-order chi connectivity index (χ1) is 8.72. The van der Waals surface area contributed by atoms with E-state index in [9.17, 15) is 4.79 Å². The average Bonchev–Trinajstić information content (AvgIpc) is 2.92. The fraction of sp³-hybridized carbons (Fsp3) is 0.250. The zero-order chi connectivity index (χ0) is 13.0. The molecule has 6 heteroatoms. The average molecular weight is 246 g/mol. The second-order valence-electron chi connectivity index (χ2n) is 3.77. The van der Waals surface area contributed by atoms with Gasteiger partial charge >= 0.3 is 0 Å². The molecule has 94 valence electrons. The molecule has 0 bridgehead atoms. The monoisotopic (exact) mass is 246 g/mol. The van der Waals surface area contributed by atoms with Crippen LogP contribution in [0.2, 0.25) is 0 Å². The minimum Gasteiger partial charge on any atom is -0.496 e. The molecular formula is C12H14N4O2. The lowest BCUT2D eigenvalue weighted by atomic mass is 10.1. The molecule has 1 atom stereocenters. The van der Waals surface area contributed by atoms with Crippen molar-refractivity contribution in [1.82, 2.24) is 20.5 Å². The molecule has 0 spiro atoms. The van der Waals surface area contributed by atoms with Crippen LogP contribution in [0.5, 0.6) is 5.75 Å². The lowest BCUT2D eigenvalue weighted by Crippen LogP contribution is -2.27. The lowest BCUT2D eigenvalue weighted by molar-refractivity contribution is 0.0935. The van der Waals surface area contributed by atoms with E-state index in [0.717, 1.165) is 0 Å². The summed E-state index contributed by atoms with van der Waals surface area (Å²) in [5.74, 6) is 0.939. The second-order valence-corrected chi connectivity index (χ2v) is 3.77. The number of para-hydroxylation sites is 1. The summed E-state index contributed by atoms with van der Waals surface area (Å²) in [6.07, 6.45) is 1.40. The Hall–Kier alpha value is -2.37. The topological polar surface area (TPSA) is 79.9 Å². The fourth-order valence-electron chi connectivity index (χ4n) is 1.60. The summed E-state index contributed by atoms with van der Waals surface area (Å²) in [5, 5.41) is 9.28. The van der Waals surface area contributed by atoms with Gasteiger partial charge in [0.2, 0.25) is 0 Å². The van der Waals surface area contributed by atoms with Crippen LogP contribution in [-0.4, -0.2) is 28.2 Å². The van der Waals surface area contributed by atoms with Crippen LogP contribution in [0.25, 0.3) is 0 Å². The number of H-pyrrole nitrogens is 1. The van der Waals surface area contributed by atoms with Crippen LogP contribution in [0.15, 0.2) is 30.6 Å². The van der Waals surface area contributed by atoms with Crippen LogP contribution in [0.4, 0.5) is 0 Å². The fourth-order valence-corrected chi connectivity index (χ4v) is 1.60. The van der Waals surface area contributed by atoms with Crippen molar-refractivity contribution < 1.29 is 9.53 Å². The lowest BCUT2D eigenvalue weighted by Gasteiger charge is -2.12. The third kappa shape index (κ3) is 2.48. The molecular weight excluding hydrogens is 232 g/mol. The molecule has 1 amide bonds. The summed E-state index contributed by atoms with van der Waals surface area (Å²) in [7, 11) is 1.53. The molecule has 0 aliphatic carbocycles. The van der Waals surface area contributed by atoms with Crippen molar-refractivity contribution in [3.05, 3.63) is 42.0 Å². The van der Waals surface area contributed by atoms with Gasteiger partial charge in [-0.1, -0.05) is 12.1 Å². The van der Waals surface area contributed by atoms with Gasteiger partial charge in [-0.25, -0.2) is 4.98 Å². The number of nitrogens with zero attached hydrogens (tertiary/aromatic N) is 2. The Labute approximate surface area is 104 Å². The molecule has 0 fully saturated rings. The highest BCUT2D eigenvalue weighted by atomic mass is 16.5. The SMILES string of the molecule is COc1ccccc1C(=O)NC(C)c1ncn[nH]1. The molecule has 1 aromatic carbocycles. The summed E-state index contributed by atoms with van der Waals surface area (Å²) in [6.45, 7) is 1.83. The molecule has 0 saturated heterocycles. The Balaban J connectivity index is 2.12. The summed E-state index contributed by atoms with van der Waals surface area (Å²) in [4.78, 5) is 16.1. The minimum atomic E-state index is -0.245. The summed E-state index contributed by atoms with van der Waals surface area (Å²) in [5.41, 5.74) is 0.492. The normalized spacial score (nSPS) is 11.9. The zero-order valence-corrected chi connectivity index (χ0v) is 10.2. The minimum absolute atomic E-state index is 0.212. The number of ether oxygens (including phenoxy) is 1. The van der Waals surface area contributed by atoms with Gasteiger partial charge in [0.15, 0.2) is 0 Å². The van der Waals surface area contributed by atoms with Crippen molar-refractivity contribution in [2.45, 2.75) is 13.0 Å². The summed E-state index contributed by atoms with van der Waals surface area (Å²) < 4.78 is 5.14. The number of benzene rings is 1. The highest BCUT2D eigenvalue weighted by Crippen LogP contribution is 2.18. The maximum absolute atomic E-state index is 12.1. The van der Waals surface area contributed by atoms with Crippen LogP contribution in [0, 0.1) is 0 Å². The highest BCUT2D eigenvalue weighted by Gasteiger charge is 2.16. The number of hydrogen-bond donors (Lipinski definition) is 2. The van der Waals surface area contributed by atoms with Gasteiger partial charge < -0.3 is 10.1 Å². The largest absolute Gasteiger partial charge is 0.496 e. The number of aromatic amines is 1. The van der Waals surface area contributed by atoms with E-state index in [1.807, 2.05) is 13.0 Å². The smallest absolute Gasteiger partial charge is 0.255 e. The van der Waals surface area contributed by atoms with E-state index in [4.69, 9.17) is 4.74 Å². The Morgan fingerprint density at radius 2 is 2.22 bits per heavy atom. The maximum Gasteiger partial charge on any atom is 0.255 e. The predicted molar refractivity (Wildman–Crippen MR) is 65.3 cm³/mol. The van der Waals surface area contributed by atoms with Crippen molar-refractivity contribution in [2.24, 2.45) is 0 Å². The highest BCUT2D eigenvalue weighted by molar-refractivity contribution is 5.97. The molecule has 2 rings (SSSR count). The molecule has 2 N–H and O–H groups in total. The van der Waals surface area contributed by atoms with Crippen LogP contribution in [0.1, 0.15) is 29.1 Å². The van der Waals surface area contributed by atoms with Gasteiger partial charge in [-0.2, -0.15) is 5.10 Å². The Morgan fingerprint density at radius 3 is 2.89 bits per heavy atom. The van der Waals surface area contributed by atoms with Crippen molar-refractivity contribution in [3.63, 3.8) is 0 Å². The van der Waals surface area contributed by atoms with Crippen LogP contribution in [0.3, 0.4) is 0 Å². The number of methoxy groups -OCH3 is 1. The van der Waals surface area contributed by atoms with Gasteiger partial charge in [-0.05, 0) is 19.1 Å². The number of aromatic nitrogens is 3. The van der Waals surface area contributed by atoms with E-state index in [0.29, 0.717) is 17.1 Å². The van der Waals surface area contributed by atoms with Gasteiger partial charge in [0.25, 0.3) is 5.91 Å². The van der Waals surface area contributed by atoms with Crippen LogP contribution >= 0.6 is 0 Å². The van der Waals surface area contributed by atoms with Crippen molar-refractivity contribution >= 4 is 5.91 Å². The molecule has 0 saturated carbocycles. The number of carbonyl (C=O) groups excluding carboxylic acids is 1. The van der Waals surface area contributed by atoms with E-state index < -0.39 is 0 Å². The molecule has 1 heterocycles. The number of rotatable bonds is 4. The standard InChI is InChI=1S/C12H14N4O2/c1-8(11-13-7-14-16-11)15-12(17)9-5-3-4-6-10(9)18-2/h3-8H,1-2H3,(H,15,17)(H,13,14,16). The number of carbonyl (C=O) groups is 1. The van der Waals surface area contributed by atoms with Gasteiger partial charge in [-0.15, -0.1) is 0 Å². The van der Waals surface area contributed by atoms with E-state index in [1.54, 1.807) is 18.2 Å². The maximum atomic E-state index is 12.1. The molecule has 6 nitrogen and oxygen atoms in total. The van der Waals surface area contributed by atoms with E-state index in [-0.39, 0.29) is 11.9 Å². The quantitative estimate of drug-likeness (QED) is 0.852. The van der Waals surface area contributed by atoms with Crippen LogP contribution < -0.4 is 10.1 Å². The Morgan fingerprint density at radius 1 is 1.44 bits per heavy atom. The van der Waals surface area contributed by atoms with E-state index in [1.165, 1.54) is 13.4 Å². The first-order valence-electron chi connectivity index (χ1n) is 5.51. The first kappa shape index (κ1) is 12.1. The molecule has 0 radical (unpaired) electrons. The third-order valence-electron chi connectivity index (χ3n) is 2.54. The molecule has 2 aromatic rings. The Kier molecular flexibility index (Phi) is 3.57. The summed E-state index contributed by atoms with van der Waals surface area (Å²) >= 11 is 0. The Bertz CT molecular complexity index is 525. The number of nitrogens with one attached hydrogen (secondary N) is 2. The van der Waals surface area contributed by atoms with Gasteiger partial charge in [0.05, 0.1) is 18.7 Å². The number of hydrogen-bond acceptors (Lipinski definition) is 4. The molecule has 1 unspecified atom stereocenters. The zero-order valence-electron chi connectivity index (χ0n) is 10.2. The molecule has 0 aliphatic rings. The summed E-state index contributed by atoms with van der Waals surface area (Å²) in [6, 6.07) is 6.81. The van der Waals surface area contributed by atoms with Crippen molar-refractivity contribution in [2.75, 3.05) is 7.11 Å². The molecule has 1 aromatic heterocycles. The number of amides is 1. The van der Waals surface area contributed by atoms with Gasteiger partial charge in [-0.3, -0.25) is 9.89 Å². The predicted octanol–water partition coefficient (Wildman–Crippen LogP) is 1.30. The molecule has 0 aliphatic heterocycles. The first-order valence-corrected chi connectivity index (χ1v) is 5.51. The van der Waals surface area contributed by atoms with Gasteiger partial charge in [0.1, 0.15) is 17.9 Å². The van der Waals surface area contributed by atoms with Crippen molar-refractivity contribution in [1.29, 1.82) is 0 Å². The van der Waals surface area contributed by atoms with E-state index >= 15 is 0 Å². The third-order valence-corrected chi connectivity index (χ3v) is 2.54. The van der Waals surface area contributed by atoms with E-state index in [2.05, 4.69) is 20.5 Å². The van der Waals surface area contributed by atoms with Crippen molar-refractivity contribution in [3.8, 4) is 5.75 Å². The second kappa shape index (κ2) is 5.31. The van der Waals surface area contributed by atoms with Crippen LogP contribution in [-0.2, 0) is 0 Å². The van der Waals surface area contributed by atoms with Gasteiger partial charge in [0, 0.05) is 0 Å².